The first kappa shape index (κ1) is 20.6. The number of quaternary nitrogens is 1. The molecule has 1 aromatic heterocycles. The Labute approximate surface area is 166 Å². The van der Waals surface area contributed by atoms with Crippen molar-refractivity contribution in [2.75, 3.05) is 34.9 Å². The molecule has 2 aromatic rings. The number of aryl methyl sites for hydroxylation is 1. The first-order chi connectivity index (χ1) is 13.2. The smallest absolute Gasteiger partial charge is 0.246 e. The van der Waals surface area contributed by atoms with Gasteiger partial charge in [-0.1, -0.05) is 0 Å². The fourth-order valence-electron chi connectivity index (χ4n) is 3.77. The molecule has 1 aliphatic rings. The Morgan fingerprint density at radius 1 is 1.14 bits per heavy atom. The van der Waals surface area contributed by atoms with Crippen molar-refractivity contribution in [3.63, 3.8) is 0 Å². The van der Waals surface area contributed by atoms with Crippen molar-refractivity contribution in [2.45, 2.75) is 38.4 Å². The summed E-state index contributed by atoms with van der Waals surface area (Å²) in [6.45, 7) is 5.95. The standard InChI is InChI=1S/C19H28N4O4S/c1-13-19(28(24,25)21(3)4)14(2)23(20-13)12-22-8-7-15-9-17(26-5)18(27-6)10-16(15)11-22/h9-10H,7-8,11-12H2,1-6H3/p+1. The molecule has 2 heterocycles. The van der Waals surface area contributed by atoms with E-state index in [1.165, 1.54) is 20.3 Å². The maximum Gasteiger partial charge on any atom is 0.246 e. The summed E-state index contributed by atoms with van der Waals surface area (Å²) in [6.07, 6.45) is 0.924. The molecule has 0 aliphatic carbocycles. The van der Waals surface area contributed by atoms with Crippen molar-refractivity contribution in [2.24, 2.45) is 0 Å². The number of hydrogen-bond acceptors (Lipinski definition) is 5. The molecule has 1 N–H and O–H groups in total. The molecule has 1 atom stereocenters. The summed E-state index contributed by atoms with van der Waals surface area (Å²) >= 11 is 0. The molecule has 3 rings (SSSR count). The number of hydrogen-bond donors (Lipinski definition) is 1. The van der Waals surface area contributed by atoms with Gasteiger partial charge in [-0.15, -0.1) is 0 Å². The van der Waals surface area contributed by atoms with Crippen LogP contribution in [0.5, 0.6) is 11.5 Å². The second-order valence-corrected chi connectivity index (χ2v) is 9.44. The van der Waals surface area contributed by atoms with Crippen LogP contribution in [-0.4, -0.2) is 57.4 Å². The Bertz CT molecular complexity index is 982. The van der Waals surface area contributed by atoms with Gasteiger partial charge in [0.25, 0.3) is 0 Å². The van der Waals surface area contributed by atoms with Gasteiger partial charge in [0, 0.05) is 26.1 Å². The number of rotatable bonds is 6. The van der Waals surface area contributed by atoms with Crippen LogP contribution in [0, 0.1) is 13.8 Å². The average molecular weight is 410 g/mol. The molecular formula is C19H29N4O4S+. The monoisotopic (exact) mass is 409 g/mol. The van der Waals surface area contributed by atoms with E-state index in [9.17, 15) is 8.42 Å². The van der Waals surface area contributed by atoms with Crippen LogP contribution in [0.1, 0.15) is 22.5 Å². The van der Waals surface area contributed by atoms with Gasteiger partial charge in [-0.3, -0.25) is 0 Å². The van der Waals surface area contributed by atoms with Crippen LogP contribution in [0.4, 0.5) is 0 Å². The fraction of sp³-hybridized carbons (Fsp3) is 0.526. The van der Waals surface area contributed by atoms with Crippen LogP contribution in [-0.2, 0) is 29.7 Å². The van der Waals surface area contributed by atoms with Gasteiger partial charge in [-0.25, -0.2) is 17.4 Å². The molecule has 1 unspecified atom stereocenters. The minimum absolute atomic E-state index is 0.306. The van der Waals surface area contributed by atoms with Gasteiger partial charge in [0.1, 0.15) is 11.4 Å². The highest BCUT2D eigenvalue weighted by atomic mass is 32.2. The van der Waals surface area contributed by atoms with Crippen LogP contribution >= 0.6 is 0 Å². The zero-order chi connectivity index (χ0) is 20.6. The van der Waals surface area contributed by atoms with Gasteiger partial charge in [0.2, 0.25) is 10.0 Å². The van der Waals surface area contributed by atoms with Crippen LogP contribution in [0.2, 0.25) is 0 Å². The number of ether oxygens (including phenoxy) is 2. The summed E-state index contributed by atoms with van der Waals surface area (Å²) < 4.78 is 39.1. The Balaban J connectivity index is 1.85. The molecule has 0 spiro atoms. The van der Waals surface area contributed by atoms with Crippen LogP contribution in [0.25, 0.3) is 0 Å². The third kappa shape index (κ3) is 3.61. The molecule has 0 amide bonds. The summed E-state index contributed by atoms with van der Waals surface area (Å²) in [5.41, 5.74) is 3.71. The normalized spacial score (nSPS) is 16.9. The second-order valence-electron chi connectivity index (χ2n) is 7.35. The van der Waals surface area contributed by atoms with E-state index in [1.54, 1.807) is 35.2 Å². The van der Waals surface area contributed by atoms with E-state index in [1.807, 2.05) is 17.7 Å². The van der Waals surface area contributed by atoms with Crippen molar-refractivity contribution in [3.05, 3.63) is 34.6 Å². The molecule has 0 saturated carbocycles. The Kier molecular flexibility index (Phi) is 5.69. The highest BCUT2D eigenvalue weighted by molar-refractivity contribution is 7.89. The van der Waals surface area contributed by atoms with Gasteiger partial charge in [-0.05, 0) is 31.5 Å². The van der Waals surface area contributed by atoms with Crippen molar-refractivity contribution in [1.29, 1.82) is 0 Å². The van der Waals surface area contributed by atoms with Crippen LogP contribution < -0.4 is 14.4 Å². The topological polar surface area (TPSA) is 78.1 Å². The lowest BCUT2D eigenvalue weighted by Gasteiger charge is -2.27. The van der Waals surface area contributed by atoms with Gasteiger partial charge in [-0.2, -0.15) is 5.10 Å². The lowest BCUT2D eigenvalue weighted by molar-refractivity contribution is -0.939. The summed E-state index contributed by atoms with van der Waals surface area (Å²) in [6, 6.07) is 4.09. The quantitative estimate of drug-likeness (QED) is 0.746. The maximum atomic E-state index is 12.6. The van der Waals surface area contributed by atoms with Gasteiger partial charge in [0.05, 0.1) is 32.2 Å². The highest BCUT2D eigenvalue weighted by Crippen LogP contribution is 2.31. The summed E-state index contributed by atoms with van der Waals surface area (Å²) in [5.74, 6) is 1.48. The number of nitrogens with zero attached hydrogens (tertiary/aromatic N) is 3. The molecule has 28 heavy (non-hydrogen) atoms. The van der Waals surface area contributed by atoms with Crippen molar-refractivity contribution < 1.29 is 22.8 Å². The average Bonchev–Trinajstić information content (AvgIpc) is 2.93. The molecule has 0 fully saturated rings. The SMILES string of the molecule is COc1cc2c(cc1OC)C[NH+](Cn1nc(C)c(S(=O)(=O)N(C)C)c1C)CC2. The zero-order valence-corrected chi connectivity index (χ0v) is 18.2. The van der Waals surface area contributed by atoms with E-state index in [4.69, 9.17) is 9.47 Å². The van der Waals surface area contributed by atoms with E-state index >= 15 is 0 Å². The van der Waals surface area contributed by atoms with E-state index in [-0.39, 0.29) is 0 Å². The van der Waals surface area contributed by atoms with Crippen molar-refractivity contribution >= 4 is 10.0 Å². The number of aromatic nitrogens is 2. The summed E-state index contributed by atoms with van der Waals surface area (Å²) in [7, 11) is 2.85. The molecular weight excluding hydrogens is 380 g/mol. The van der Waals surface area contributed by atoms with Gasteiger partial charge >= 0.3 is 0 Å². The summed E-state index contributed by atoms with van der Waals surface area (Å²) in [4.78, 5) is 1.62. The number of sulfonamides is 1. The van der Waals surface area contributed by atoms with Gasteiger partial charge < -0.3 is 14.4 Å². The molecule has 1 aromatic carbocycles. The predicted octanol–water partition coefficient (Wildman–Crippen LogP) is 0.366. The highest BCUT2D eigenvalue weighted by Gasteiger charge is 2.29. The van der Waals surface area contributed by atoms with E-state index in [0.717, 1.165) is 31.0 Å². The van der Waals surface area contributed by atoms with Crippen LogP contribution in [0.3, 0.4) is 0 Å². The number of methoxy groups -OCH3 is 2. The Morgan fingerprint density at radius 2 is 1.75 bits per heavy atom. The molecule has 154 valence electrons. The molecule has 0 radical (unpaired) electrons. The predicted molar refractivity (Wildman–Crippen MR) is 105 cm³/mol. The largest absolute Gasteiger partial charge is 0.493 e. The van der Waals surface area contributed by atoms with E-state index in [2.05, 4.69) is 11.2 Å². The number of nitrogens with one attached hydrogen (secondary N) is 1. The molecule has 0 bridgehead atoms. The lowest BCUT2D eigenvalue weighted by Crippen LogP contribution is -3.11. The zero-order valence-electron chi connectivity index (χ0n) is 17.4. The third-order valence-electron chi connectivity index (χ3n) is 5.32. The minimum Gasteiger partial charge on any atom is -0.493 e. The second kappa shape index (κ2) is 7.73. The molecule has 1 aliphatic heterocycles. The van der Waals surface area contributed by atoms with Gasteiger partial charge in [0.15, 0.2) is 18.2 Å². The molecule has 0 saturated heterocycles. The maximum absolute atomic E-state index is 12.6. The molecule has 9 heteroatoms. The van der Waals surface area contributed by atoms with Crippen molar-refractivity contribution in [1.82, 2.24) is 14.1 Å². The molecule has 8 nitrogen and oxygen atoms in total. The van der Waals surface area contributed by atoms with E-state index in [0.29, 0.717) is 23.0 Å². The van der Waals surface area contributed by atoms with E-state index < -0.39 is 10.0 Å². The first-order valence-electron chi connectivity index (χ1n) is 9.23. The fourth-order valence-corrected chi connectivity index (χ4v) is 5.02. The van der Waals surface area contributed by atoms with Crippen LogP contribution in [0.15, 0.2) is 17.0 Å². The first-order valence-corrected chi connectivity index (χ1v) is 10.7. The number of benzene rings is 1. The Hall–Kier alpha value is -2.10. The summed E-state index contributed by atoms with van der Waals surface area (Å²) in [5, 5.41) is 4.52. The van der Waals surface area contributed by atoms with Crippen molar-refractivity contribution in [3.8, 4) is 11.5 Å². The Morgan fingerprint density at radius 3 is 2.32 bits per heavy atom. The third-order valence-corrected chi connectivity index (χ3v) is 7.39. The number of fused-ring (bicyclic) bond motifs is 1. The lowest BCUT2D eigenvalue weighted by atomic mass is 9.99. The minimum atomic E-state index is -3.51.